The van der Waals surface area contributed by atoms with E-state index in [-0.39, 0.29) is 0 Å². The Kier molecular flexibility index (Phi) is 7.11. The van der Waals surface area contributed by atoms with Gasteiger partial charge in [0.25, 0.3) is 0 Å². The van der Waals surface area contributed by atoms with Crippen molar-refractivity contribution in [1.82, 2.24) is 0 Å². The molecule has 0 radical (unpaired) electrons. The summed E-state index contributed by atoms with van der Waals surface area (Å²) in [6, 6.07) is 0. The van der Waals surface area contributed by atoms with Gasteiger partial charge in [-0.15, -0.1) is 0 Å². The van der Waals surface area contributed by atoms with Gasteiger partial charge in [0.2, 0.25) is 0 Å². The summed E-state index contributed by atoms with van der Waals surface area (Å²) >= 11 is 3.42. The number of aliphatic hydroxyl groups is 1. The van der Waals surface area contributed by atoms with E-state index < -0.39 is 78.5 Å². The fourth-order valence-corrected chi connectivity index (χ4v) is 2.65. The molecule has 2 atom stereocenters. The molecule has 1 rings (SSSR count). The molecule has 1 fully saturated rings. The zero-order valence-electron chi connectivity index (χ0n) is 14.6. The van der Waals surface area contributed by atoms with Crippen molar-refractivity contribution in [3.63, 3.8) is 0 Å². The SMILES string of the molecule is OC1OCCCC1C(F)(F)C(F)(F)C(F)(F)C(F)(F)C(F)(F)C(F)(F)C(F)(F)C(F)(F)Cl. The first kappa shape index (κ1) is 29.1. The minimum atomic E-state index is -8.51. The van der Waals surface area contributed by atoms with Crippen LogP contribution in [0.4, 0.5) is 70.2 Å². The highest BCUT2D eigenvalue weighted by molar-refractivity contribution is 6.22. The van der Waals surface area contributed by atoms with E-state index in [1.807, 2.05) is 0 Å². The molecule has 32 heavy (non-hydrogen) atoms. The van der Waals surface area contributed by atoms with Gasteiger partial charge in [-0.2, -0.15) is 70.2 Å². The highest BCUT2D eigenvalue weighted by Crippen LogP contribution is 2.65. The predicted octanol–water partition coefficient (Wildman–Crippen LogP) is 6.01. The Morgan fingerprint density at radius 3 is 1.28 bits per heavy atom. The molecule has 1 aliphatic rings. The summed E-state index contributed by atoms with van der Waals surface area (Å²) in [6.07, 6.45) is -5.08. The third kappa shape index (κ3) is 3.67. The molecule has 0 aromatic rings. The fraction of sp³-hybridized carbons (Fsp3) is 1.00. The van der Waals surface area contributed by atoms with E-state index in [9.17, 15) is 70.2 Å². The van der Waals surface area contributed by atoms with Crippen molar-refractivity contribution in [2.75, 3.05) is 6.61 Å². The van der Waals surface area contributed by atoms with Crippen LogP contribution in [-0.2, 0) is 4.74 Å². The number of aliphatic hydroxyl groups excluding tert-OH is 1. The van der Waals surface area contributed by atoms with Gasteiger partial charge in [-0.05, 0) is 24.4 Å². The minimum Gasteiger partial charge on any atom is -0.367 e. The van der Waals surface area contributed by atoms with Gasteiger partial charge in [-0.25, -0.2) is 0 Å². The van der Waals surface area contributed by atoms with Gasteiger partial charge in [0.05, 0.1) is 5.92 Å². The number of hydrogen-bond donors (Lipinski definition) is 1. The van der Waals surface area contributed by atoms with Crippen LogP contribution >= 0.6 is 11.6 Å². The summed E-state index contributed by atoms with van der Waals surface area (Å²) in [6.45, 7) is -0.627. The lowest BCUT2D eigenvalue weighted by Gasteiger charge is -2.45. The molecule has 1 N–H and O–H groups in total. The van der Waals surface area contributed by atoms with Crippen LogP contribution in [0.5, 0.6) is 0 Å². The minimum absolute atomic E-state index is 0.627. The van der Waals surface area contributed by atoms with Crippen molar-refractivity contribution < 1.29 is 80.1 Å². The fourth-order valence-electron chi connectivity index (χ4n) is 2.54. The molecule has 0 aliphatic carbocycles. The summed E-state index contributed by atoms with van der Waals surface area (Å²) in [4.78, 5) is 0. The molecule has 0 amide bonds. The molecule has 0 aromatic carbocycles. The Hall–Kier alpha value is -0.910. The van der Waals surface area contributed by atoms with Crippen LogP contribution in [0.2, 0.25) is 0 Å². The van der Waals surface area contributed by atoms with Gasteiger partial charge in [-0.1, -0.05) is 0 Å². The number of hydrogen-bond acceptors (Lipinski definition) is 2. The summed E-state index contributed by atoms with van der Waals surface area (Å²) in [5.41, 5.74) is 0. The van der Waals surface area contributed by atoms with Crippen LogP contribution in [0.25, 0.3) is 0 Å². The van der Waals surface area contributed by atoms with Gasteiger partial charge in [0.15, 0.2) is 6.29 Å². The topological polar surface area (TPSA) is 29.5 Å². The molecule has 2 nitrogen and oxygen atoms in total. The summed E-state index contributed by atoms with van der Waals surface area (Å²) in [5, 5.41) is 2.27. The third-order valence-corrected chi connectivity index (χ3v) is 4.74. The number of alkyl halides is 17. The van der Waals surface area contributed by atoms with Crippen molar-refractivity contribution in [3.8, 4) is 0 Å². The second kappa shape index (κ2) is 7.81. The molecule has 0 spiro atoms. The monoisotopic (exact) mass is 536 g/mol. The first-order valence-corrected chi connectivity index (χ1v) is 8.15. The van der Waals surface area contributed by atoms with Crippen LogP contribution in [0.1, 0.15) is 12.8 Å². The normalized spacial score (nSPS) is 23.4. The summed E-state index contributed by atoms with van der Waals surface area (Å²) in [7, 11) is 0. The number of ether oxygens (including phenoxy) is 1. The predicted molar refractivity (Wildman–Crippen MR) is 70.1 cm³/mol. The van der Waals surface area contributed by atoms with E-state index in [0.717, 1.165) is 0 Å². The quantitative estimate of drug-likeness (QED) is 0.304. The van der Waals surface area contributed by atoms with Crippen molar-refractivity contribution in [2.45, 2.75) is 66.0 Å². The highest BCUT2D eigenvalue weighted by Gasteiger charge is 2.95. The van der Waals surface area contributed by atoms with Crippen molar-refractivity contribution in [3.05, 3.63) is 0 Å². The van der Waals surface area contributed by atoms with E-state index in [1.165, 1.54) is 0 Å². The Labute approximate surface area is 171 Å². The van der Waals surface area contributed by atoms with Crippen LogP contribution in [0.3, 0.4) is 0 Å². The van der Waals surface area contributed by atoms with E-state index in [1.54, 1.807) is 0 Å². The standard InChI is InChI=1S/C13H9ClF16O2/c14-13(29,30)12(27,28)11(25,26)10(23,24)9(21,22)8(19,20)7(17,18)6(15,16)4-2-1-3-32-5(4)31/h4-5,31H,1-3H2. The lowest BCUT2D eigenvalue weighted by Crippen LogP contribution is -2.75. The van der Waals surface area contributed by atoms with Gasteiger partial charge < -0.3 is 9.84 Å². The van der Waals surface area contributed by atoms with E-state index in [4.69, 9.17) is 5.11 Å². The lowest BCUT2D eigenvalue weighted by atomic mass is 9.82. The molecule has 1 aliphatic heterocycles. The second-order valence-electron chi connectivity index (χ2n) is 6.58. The number of rotatable bonds is 8. The summed E-state index contributed by atoms with van der Waals surface area (Å²) in [5.74, 6) is -59.2. The highest BCUT2D eigenvalue weighted by atomic mass is 35.5. The molecule has 0 bridgehead atoms. The zero-order valence-corrected chi connectivity index (χ0v) is 15.3. The Morgan fingerprint density at radius 1 is 0.594 bits per heavy atom. The van der Waals surface area contributed by atoms with Crippen LogP contribution in [-0.4, -0.2) is 64.8 Å². The molecule has 0 saturated carbocycles. The average Bonchev–Trinajstić information content (AvgIpc) is 2.59. The molecule has 1 heterocycles. The molecule has 2 unspecified atom stereocenters. The average molecular weight is 537 g/mol. The van der Waals surface area contributed by atoms with Crippen LogP contribution in [0, 0.1) is 5.92 Å². The Bertz CT molecular complexity index is 688. The van der Waals surface area contributed by atoms with E-state index >= 15 is 0 Å². The van der Waals surface area contributed by atoms with Crippen molar-refractivity contribution in [1.29, 1.82) is 0 Å². The Morgan fingerprint density at radius 2 is 0.938 bits per heavy atom. The third-order valence-electron chi connectivity index (χ3n) is 4.50. The lowest BCUT2D eigenvalue weighted by molar-refractivity contribution is -0.454. The van der Waals surface area contributed by atoms with Crippen LogP contribution in [0.15, 0.2) is 0 Å². The van der Waals surface area contributed by atoms with E-state index in [0.29, 0.717) is 0 Å². The molecule has 1 saturated heterocycles. The smallest absolute Gasteiger partial charge is 0.367 e. The van der Waals surface area contributed by atoms with E-state index in [2.05, 4.69) is 16.3 Å². The molecule has 192 valence electrons. The van der Waals surface area contributed by atoms with Crippen molar-refractivity contribution >= 4 is 11.6 Å². The molecular weight excluding hydrogens is 528 g/mol. The van der Waals surface area contributed by atoms with Gasteiger partial charge in [0.1, 0.15) is 0 Å². The first-order valence-electron chi connectivity index (χ1n) is 7.78. The molecule has 0 aromatic heterocycles. The maximum atomic E-state index is 13.9. The molecular formula is C13H9ClF16O2. The maximum absolute atomic E-state index is 13.9. The summed E-state index contributed by atoms with van der Waals surface area (Å²) < 4.78 is 218. The Balaban J connectivity index is 3.61. The van der Waals surface area contributed by atoms with Crippen molar-refractivity contribution in [2.24, 2.45) is 5.92 Å². The van der Waals surface area contributed by atoms with Crippen LogP contribution < -0.4 is 0 Å². The molecule has 19 heteroatoms. The second-order valence-corrected chi connectivity index (χ2v) is 7.05. The van der Waals surface area contributed by atoms with Gasteiger partial charge in [0, 0.05) is 6.61 Å². The maximum Gasteiger partial charge on any atom is 0.393 e. The number of halogens is 17. The largest absolute Gasteiger partial charge is 0.393 e. The van der Waals surface area contributed by atoms with Gasteiger partial charge in [-0.3, -0.25) is 0 Å². The van der Waals surface area contributed by atoms with Gasteiger partial charge >= 0.3 is 46.8 Å². The first-order chi connectivity index (χ1) is 13.8. The zero-order chi connectivity index (χ0) is 26.0.